The lowest BCUT2D eigenvalue weighted by atomic mass is 10.3. The number of carboxylic acid groups (broad SMARTS) is 1. The van der Waals surface area contributed by atoms with Gasteiger partial charge in [-0.05, 0) is 21.0 Å². The maximum Gasteiger partial charge on any atom is 0.320 e. The molecule has 0 aromatic rings. The van der Waals surface area contributed by atoms with Crippen LogP contribution in [0.1, 0.15) is 6.92 Å². The van der Waals surface area contributed by atoms with Crippen molar-refractivity contribution in [2.75, 3.05) is 14.1 Å². The van der Waals surface area contributed by atoms with E-state index in [1.165, 1.54) is 0 Å². The van der Waals surface area contributed by atoms with Gasteiger partial charge in [-0.25, -0.2) is 0 Å². The van der Waals surface area contributed by atoms with Gasteiger partial charge in [-0.15, -0.1) is 10.1 Å². The lowest BCUT2D eigenvalue weighted by Gasteiger charge is -2.13. The van der Waals surface area contributed by atoms with Crippen molar-refractivity contribution in [3.8, 4) is 0 Å². The van der Waals surface area contributed by atoms with E-state index in [2.05, 4.69) is 0 Å². The van der Waals surface area contributed by atoms with Crippen molar-refractivity contribution in [3.63, 3.8) is 0 Å². The molecule has 0 rings (SSSR count). The molecule has 0 aromatic carbocycles. The predicted molar refractivity (Wildman–Crippen MR) is 39.6 cm³/mol. The monoisotopic (exact) mass is 180 g/mol. The number of likely N-dealkylation sites (N-methyl/N-ethyl adjacent to an activating group) is 1. The highest BCUT2D eigenvalue weighted by Gasteiger charge is 2.11. The highest BCUT2D eigenvalue weighted by atomic mass is 16.9. The summed E-state index contributed by atoms with van der Waals surface area (Å²) in [7, 11) is 3.47. The Balaban J connectivity index is 0. The number of carboxylic acids is 1. The molecular weight excluding hydrogens is 168 g/mol. The average Bonchev–Trinajstić information content (AvgIpc) is 1.84. The fourth-order valence-electron chi connectivity index (χ4n) is 0.221. The first kappa shape index (κ1) is 13.2. The summed E-state index contributed by atoms with van der Waals surface area (Å²) in [5, 5.41) is 21.9. The lowest BCUT2D eigenvalue weighted by molar-refractivity contribution is -0.742. The zero-order chi connectivity index (χ0) is 10.3. The SMILES string of the molecule is CC(C(=O)O)N(C)C.O=[N+]([O-])O. The summed E-state index contributed by atoms with van der Waals surface area (Å²) in [5.41, 5.74) is 0. The fraction of sp³-hybridized carbons (Fsp3) is 0.800. The van der Waals surface area contributed by atoms with Gasteiger partial charge in [-0.3, -0.25) is 9.69 Å². The Morgan fingerprint density at radius 3 is 1.83 bits per heavy atom. The Hall–Kier alpha value is -1.37. The molecule has 0 aliphatic heterocycles. The number of hydrogen-bond donors (Lipinski definition) is 2. The second kappa shape index (κ2) is 6.35. The van der Waals surface area contributed by atoms with Gasteiger partial charge in [-0.1, -0.05) is 0 Å². The molecule has 0 radical (unpaired) electrons. The van der Waals surface area contributed by atoms with Gasteiger partial charge in [0.05, 0.1) is 0 Å². The van der Waals surface area contributed by atoms with Crippen LogP contribution in [0.2, 0.25) is 0 Å². The molecule has 7 heteroatoms. The van der Waals surface area contributed by atoms with E-state index in [1.807, 2.05) is 0 Å². The zero-order valence-corrected chi connectivity index (χ0v) is 7.09. The third kappa shape index (κ3) is 11.4. The summed E-state index contributed by atoms with van der Waals surface area (Å²) in [6.07, 6.45) is 0. The van der Waals surface area contributed by atoms with Crippen LogP contribution < -0.4 is 0 Å². The molecule has 0 aliphatic rings. The molecular formula is C5H12N2O5. The van der Waals surface area contributed by atoms with E-state index in [-0.39, 0.29) is 6.04 Å². The molecule has 0 aliphatic carbocycles. The van der Waals surface area contributed by atoms with Gasteiger partial charge in [0.2, 0.25) is 0 Å². The van der Waals surface area contributed by atoms with Crippen molar-refractivity contribution in [1.29, 1.82) is 0 Å². The Morgan fingerprint density at radius 2 is 1.83 bits per heavy atom. The summed E-state index contributed by atoms with van der Waals surface area (Å²) in [4.78, 5) is 20.1. The topological polar surface area (TPSA) is 104 Å². The molecule has 0 saturated heterocycles. The third-order valence-corrected chi connectivity index (χ3v) is 1.13. The summed E-state index contributed by atoms with van der Waals surface area (Å²) < 4.78 is 0. The first-order valence-electron chi connectivity index (χ1n) is 3.01. The molecule has 0 bridgehead atoms. The maximum atomic E-state index is 10.1. The minimum absolute atomic E-state index is 0.380. The molecule has 2 N–H and O–H groups in total. The second-order valence-corrected chi connectivity index (χ2v) is 2.22. The van der Waals surface area contributed by atoms with Crippen LogP contribution in [0.15, 0.2) is 0 Å². The van der Waals surface area contributed by atoms with E-state index < -0.39 is 11.1 Å². The van der Waals surface area contributed by atoms with Crippen LogP contribution in [-0.2, 0) is 4.79 Å². The van der Waals surface area contributed by atoms with Gasteiger partial charge < -0.3 is 10.3 Å². The molecule has 1 atom stereocenters. The van der Waals surface area contributed by atoms with E-state index >= 15 is 0 Å². The van der Waals surface area contributed by atoms with Crippen LogP contribution in [0.3, 0.4) is 0 Å². The van der Waals surface area contributed by atoms with Crippen molar-refractivity contribution in [3.05, 3.63) is 10.1 Å². The van der Waals surface area contributed by atoms with Crippen molar-refractivity contribution in [2.24, 2.45) is 0 Å². The number of rotatable bonds is 2. The zero-order valence-electron chi connectivity index (χ0n) is 7.09. The summed E-state index contributed by atoms with van der Waals surface area (Å²) in [6.45, 7) is 1.64. The van der Waals surface area contributed by atoms with Crippen molar-refractivity contribution < 1.29 is 20.2 Å². The third-order valence-electron chi connectivity index (χ3n) is 1.13. The number of nitrogens with zero attached hydrogens (tertiary/aromatic N) is 2. The largest absolute Gasteiger partial charge is 0.480 e. The minimum Gasteiger partial charge on any atom is -0.480 e. The van der Waals surface area contributed by atoms with Gasteiger partial charge in [0.1, 0.15) is 6.04 Å². The maximum absolute atomic E-state index is 10.1. The molecule has 0 fully saturated rings. The van der Waals surface area contributed by atoms with Crippen molar-refractivity contribution >= 4 is 5.97 Å². The van der Waals surface area contributed by atoms with E-state index in [0.717, 1.165) is 0 Å². The van der Waals surface area contributed by atoms with Crippen LogP contribution >= 0.6 is 0 Å². The Kier molecular flexibility index (Phi) is 7.00. The van der Waals surface area contributed by atoms with Gasteiger partial charge in [0, 0.05) is 0 Å². The predicted octanol–water partition coefficient (Wildman–Crippen LogP) is -0.327. The highest BCUT2D eigenvalue weighted by Crippen LogP contribution is 1.88. The van der Waals surface area contributed by atoms with Crippen LogP contribution in [0.25, 0.3) is 0 Å². The van der Waals surface area contributed by atoms with Gasteiger partial charge in [0.15, 0.2) is 0 Å². The standard InChI is InChI=1S/C5H11NO2.HNO3/c1-4(5(7)8)6(2)3;2-1(3)4/h4H,1-3H3,(H,7,8);(H,2,3,4). The van der Waals surface area contributed by atoms with Crippen LogP contribution in [0, 0.1) is 10.1 Å². The van der Waals surface area contributed by atoms with Gasteiger partial charge >= 0.3 is 5.97 Å². The van der Waals surface area contributed by atoms with Gasteiger partial charge in [0.25, 0.3) is 5.09 Å². The van der Waals surface area contributed by atoms with E-state index in [0.29, 0.717) is 0 Å². The van der Waals surface area contributed by atoms with Crippen LogP contribution in [-0.4, -0.2) is 46.4 Å². The van der Waals surface area contributed by atoms with Crippen molar-refractivity contribution in [2.45, 2.75) is 13.0 Å². The molecule has 0 saturated carbocycles. The van der Waals surface area contributed by atoms with Gasteiger partial charge in [-0.2, -0.15) is 0 Å². The summed E-state index contributed by atoms with van der Waals surface area (Å²) in [5.74, 6) is -0.782. The summed E-state index contributed by atoms with van der Waals surface area (Å²) >= 11 is 0. The second-order valence-electron chi connectivity index (χ2n) is 2.22. The van der Waals surface area contributed by atoms with E-state index in [1.54, 1.807) is 25.9 Å². The number of hydrogen-bond acceptors (Lipinski definition) is 4. The lowest BCUT2D eigenvalue weighted by Crippen LogP contribution is -2.32. The molecule has 1 unspecified atom stereocenters. The van der Waals surface area contributed by atoms with E-state index in [9.17, 15) is 4.79 Å². The van der Waals surface area contributed by atoms with E-state index in [4.69, 9.17) is 20.4 Å². The van der Waals surface area contributed by atoms with Crippen molar-refractivity contribution in [1.82, 2.24) is 4.90 Å². The molecule has 0 amide bonds. The molecule has 0 heterocycles. The minimum atomic E-state index is -1.50. The summed E-state index contributed by atoms with van der Waals surface area (Å²) in [6, 6.07) is -0.380. The van der Waals surface area contributed by atoms with Crippen LogP contribution in [0.5, 0.6) is 0 Å². The first-order chi connectivity index (χ1) is 5.29. The molecule has 7 nitrogen and oxygen atoms in total. The highest BCUT2D eigenvalue weighted by molar-refractivity contribution is 5.72. The number of aliphatic carboxylic acids is 1. The molecule has 12 heavy (non-hydrogen) atoms. The smallest absolute Gasteiger partial charge is 0.320 e. The molecule has 0 spiro atoms. The number of carbonyl (C=O) groups is 1. The molecule has 0 aromatic heterocycles. The fourth-order valence-corrected chi connectivity index (χ4v) is 0.221. The Morgan fingerprint density at radius 1 is 1.58 bits per heavy atom. The van der Waals surface area contributed by atoms with Crippen LogP contribution in [0.4, 0.5) is 0 Å². The first-order valence-corrected chi connectivity index (χ1v) is 3.01. The molecule has 72 valence electrons. The Bertz CT molecular complexity index is 154. The average molecular weight is 180 g/mol. The quantitative estimate of drug-likeness (QED) is 0.445. The Labute approximate surface area is 69.3 Å². The normalized spacial score (nSPS) is 11.3.